The number of nitrogens with one attached hydrogen (secondary N) is 1. The maximum atomic E-state index is 14.7. The van der Waals surface area contributed by atoms with Crippen molar-refractivity contribution in [3.05, 3.63) is 141 Å². The molecule has 1 aliphatic heterocycles. The fourth-order valence-corrected chi connectivity index (χ4v) is 5.99. The van der Waals surface area contributed by atoms with Gasteiger partial charge in [-0.05, 0) is 59.3 Å². The van der Waals surface area contributed by atoms with E-state index in [-0.39, 0.29) is 25.0 Å². The van der Waals surface area contributed by atoms with Crippen LogP contribution in [-0.2, 0) is 28.8 Å². The van der Waals surface area contributed by atoms with Gasteiger partial charge in [0.25, 0.3) is 5.91 Å². The van der Waals surface area contributed by atoms with Gasteiger partial charge in [0.2, 0.25) is 5.90 Å². The van der Waals surface area contributed by atoms with E-state index in [4.69, 9.17) is 19.6 Å². The number of hydrogen-bond acceptors (Lipinski definition) is 6. The molecule has 0 unspecified atom stereocenters. The third-order valence-corrected chi connectivity index (χ3v) is 8.10. The lowest BCUT2D eigenvalue weighted by Crippen LogP contribution is -2.53. The molecule has 4 aromatic rings. The molecule has 0 saturated heterocycles. The van der Waals surface area contributed by atoms with Crippen LogP contribution < -0.4 is 10.1 Å². The number of aliphatic hydroxyl groups excluding tert-OH is 1. The number of nitrogens with zero attached hydrogens (tertiary/aromatic N) is 4. The molecule has 0 saturated carbocycles. The van der Waals surface area contributed by atoms with E-state index < -0.39 is 11.6 Å². The summed E-state index contributed by atoms with van der Waals surface area (Å²) in [6, 6.07) is 32.4. The second-order valence-electron chi connectivity index (χ2n) is 11.0. The molecule has 9 nitrogen and oxygen atoms in total. The van der Waals surface area contributed by atoms with E-state index in [0.29, 0.717) is 41.5 Å². The van der Waals surface area contributed by atoms with Crippen molar-refractivity contribution < 1.29 is 19.4 Å². The van der Waals surface area contributed by atoms with Gasteiger partial charge < -0.3 is 19.9 Å². The molecule has 2 atom stereocenters. The van der Waals surface area contributed by atoms with Gasteiger partial charge in [0, 0.05) is 47.2 Å². The molecule has 222 valence electrons. The van der Waals surface area contributed by atoms with E-state index in [9.17, 15) is 10.3 Å². The number of carbonyl (C=O) groups is 1. The zero-order valence-electron chi connectivity index (χ0n) is 24.2. The number of azide groups is 1. The summed E-state index contributed by atoms with van der Waals surface area (Å²) in [6.07, 6.45) is 1.40. The topological polar surface area (TPSA) is 129 Å². The number of ether oxygens (including phenoxy) is 2. The van der Waals surface area contributed by atoms with Gasteiger partial charge in [-0.25, -0.2) is 4.99 Å². The molecule has 44 heavy (non-hydrogen) atoms. The Balaban J connectivity index is 1.42. The van der Waals surface area contributed by atoms with Crippen LogP contribution in [0.2, 0.25) is 0 Å². The van der Waals surface area contributed by atoms with Crippen molar-refractivity contribution in [1.82, 2.24) is 5.32 Å². The van der Waals surface area contributed by atoms with Crippen LogP contribution in [0.15, 0.2) is 113 Å². The third kappa shape index (κ3) is 6.01. The number of rotatable bonds is 11. The van der Waals surface area contributed by atoms with Crippen LogP contribution in [0.1, 0.15) is 40.3 Å². The summed E-state index contributed by atoms with van der Waals surface area (Å²) >= 11 is 0. The van der Waals surface area contributed by atoms with E-state index >= 15 is 0 Å². The van der Waals surface area contributed by atoms with Crippen LogP contribution >= 0.6 is 0 Å². The van der Waals surface area contributed by atoms with Crippen molar-refractivity contribution in [3.8, 4) is 5.75 Å². The highest BCUT2D eigenvalue weighted by molar-refractivity contribution is 6.01. The molecule has 0 aromatic heterocycles. The summed E-state index contributed by atoms with van der Waals surface area (Å²) < 4.78 is 12.3. The molecule has 2 aliphatic rings. The summed E-state index contributed by atoms with van der Waals surface area (Å²) in [5, 5.41) is 16.3. The molecule has 1 aliphatic carbocycles. The molecular weight excluding hydrogens is 554 g/mol. The summed E-state index contributed by atoms with van der Waals surface area (Å²) in [6.45, 7) is 0.455. The Bertz CT molecular complexity index is 1680. The zero-order chi connectivity index (χ0) is 30.4. The number of amides is 1. The Morgan fingerprint density at radius 3 is 2.36 bits per heavy atom. The minimum atomic E-state index is -1.40. The van der Waals surface area contributed by atoms with Crippen molar-refractivity contribution in [3.63, 3.8) is 0 Å². The SMILES string of the molecule is [N-]=[N+]=Nc1ccccc1[C@H]1OC(c2ccc(OCCCO)cc2)=N[C@@]1(Cc1ccccc1)C(=O)NC1Cc2ccccc2C1. The molecule has 6 rings (SSSR count). The van der Waals surface area contributed by atoms with Crippen LogP contribution in [0.4, 0.5) is 5.69 Å². The van der Waals surface area contributed by atoms with Crippen molar-refractivity contribution in [2.24, 2.45) is 10.1 Å². The lowest BCUT2D eigenvalue weighted by molar-refractivity contribution is -0.129. The van der Waals surface area contributed by atoms with E-state index in [2.05, 4.69) is 27.5 Å². The first-order chi connectivity index (χ1) is 21.6. The summed E-state index contributed by atoms with van der Waals surface area (Å²) in [7, 11) is 0. The standard InChI is InChI=1S/C35H33N5O4/c36-40-39-31-14-7-6-13-30(31)32-35(23-24-9-2-1-3-10-24,34(42)37-28-21-26-11-4-5-12-27(26)22-28)38-33(44-32)25-15-17-29(18-16-25)43-20-8-19-41/h1-7,9-18,28,32,41H,8,19-23H2,(H,37,42)/t32-,35-/m1/s1. The van der Waals surface area contributed by atoms with Gasteiger partial charge in [0.15, 0.2) is 11.6 Å². The van der Waals surface area contributed by atoms with Crippen molar-refractivity contribution in [1.29, 1.82) is 0 Å². The minimum absolute atomic E-state index is 0.0555. The number of aliphatic imine (C=N–C) groups is 1. The number of hydrogen-bond donors (Lipinski definition) is 2. The molecular formula is C35H33N5O4. The number of carbonyl (C=O) groups excluding carboxylic acids is 1. The van der Waals surface area contributed by atoms with Crippen LogP contribution in [0.5, 0.6) is 5.75 Å². The first-order valence-electron chi connectivity index (χ1n) is 14.8. The highest BCUT2D eigenvalue weighted by Crippen LogP contribution is 2.45. The van der Waals surface area contributed by atoms with Crippen molar-refractivity contribution in [2.45, 2.75) is 43.4 Å². The maximum Gasteiger partial charge on any atom is 0.252 e. The van der Waals surface area contributed by atoms with Gasteiger partial charge in [-0.1, -0.05) is 84.0 Å². The first-order valence-corrected chi connectivity index (χ1v) is 14.8. The Labute approximate surface area is 255 Å². The average Bonchev–Trinajstić information content (AvgIpc) is 3.64. The Morgan fingerprint density at radius 1 is 0.977 bits per heavy atom. The lowest BCUT2D eigenvalue weighted by Gasteiger charge is -2.32. The molecule has 0 bridgehead atoms. The zero-order valence-corrected chi connectivity index (χ0v) is 24.2. The fourth-order valence-electron chi connectivity index (χ4n) is 5.99. The van der Waals surface area contributed by atoms with Gasteiger partial charge in [-0.2, -0.15) is 0 Å². The fraction of sp³-hybridized carbons (Fsp3) is 0.257. The van der Waals surface area contributed by atoms with Gasteiger partial charge in [-0.15, -0.1) is 0 Å². The first kappa shape index (κ1) is 29.0. The lowest BCUT2D eigenvalue weighted by atomic mass is 9.81. The molecule has 9 heteroatoms. The highest BCUT2D eigenvalue weighted by Gasteiger charge is 2.54. The van der Waals surface area contributed by atoms with Crippen LogP contribution in [-0.4, -0.2) is 41.7 Å². The van der Waals surface area contributed by atoms with Crippen molar-refractivity contribution >= 4 is 17.5 Å². The second-order valence-corrected chi connectivity index (χ2v) is 11.0. The van der Waals surface area contributed by atoms with Crippen molar-refractivity contribution in [2.75, 3.05) is 13.2 Å². The average molecular weight is 588 g/mol. The Morgan fingerprint density at radius 2 is 1.66 bits per heavy atom. The molecule has 0 spiro atoms. The predicted octanol–water partition coefficient (Wildman–Crippen LogP) is 6.17. The van der Waals surface area contributed by atoms with Gasteiger partial charge in [0.1, 0.15) is 5.75 Å². The van der Waals surface area contributed by atoms with E-state index in [1.165, 1.54) is 11.1 Å². The highest BCUT2D eigenvalue weighted by atomic mass is 16.5. The summed E-state index contributed by atoms with van der Waals surface area (Å²) in [4.78, 5) is 22.8. The van der Waals surface area contributed by atoms with Gasteiger partial charge >= 0.3 is 0 Å². The molecule has 0 fully saturated rings. The quantitative estimate of drug-likeness (QED) is 0.0941. The summed E-state index contributed by atoms with van der Waals surface area (Å²) in [5.41, 5.74) is 13.0. The minimum Gasteiger partial charge on any atom is -0.494 e. The molecule has 1 amide bonds. The molecule has 0 radical (unpaired) electrons. The normalized spacial score (nSPS) is 18.9. The van der Waals surface area contributed by atoms with Crippen LogP contribution in [0.3, 0.4) is 0 Å². The van der Waals surface area contributed by atoms with Gasteiger partial charge in [-0.3, -0.25) is 4.79 Å². The maximum absolute atomic E-state index is 14.7. The van der Waals surface area contributed by atoms with Crippen LogP contribution in [0, 0.1) is 0 Å². The second kappa shape index (κ2) is 13.0. The number of aliphatic hydroxyl groups is 1. The third-order valence-electron chi connectivity index (χ3n) is 8.10. The molecule has 1 heterocycles. The molecule has 4 aromatic carbocycles. The number of fused-ring (bicyclic) bond motifs is 1. The number of benzene rings is 4. The van der Waals surface area contributed by atoms with E-state index in [0.717, 1.165) is 18.4 Å². The molecule has 2 N–H and O–H groups in total. The largest absolute Gasteiger partial charge is 0.494 e. The van der Waals surface area contributed by atoms with E-state index in [1.807, 2.05) is 78.9 Å². The van der Waals surface area contributed by atoms with Crippen LogP contribution in [0.25, 0.3) is 10.4 Å². The smallest absolute Gasteiger partial charge is 0.252 e. The summed E-state index contributed by atoms with van der Waals surface area (Å²) in [5.74, 6) is 0.715. The van der Waals surface area contributed by atoms with E-state index in [1.54, 1.807) is 12.1 Å². The van der Waals surface area contributed by atoms with Gasteiger partial charge in [0.05, 0.1) is 6.61 Å². The predicted molar refractivity (Wildman–Crippen MR) is 168 cm³/mol. The monoisotopic (exact) mass is 587 g/mol. The Kier molecular flexibility index (Phi) is 8.59. The Hall–Kier alpha value is -5.11.